The van der Waals surface area contributed by atoms with E-state index in [4.69, 9.17) is 5.73 Å². The molecule has 0 radical (unpaired) electrons. The highest BCUT2D eigenvalue weighted by Gasteiger charge is 2.36. The summed E-state index contributed by atoms with van der Waals surface area (Å²) in [7, 11) is 0. The zero-order valence-electron chi connectivity index (χ0n) is 14.8. The van der Waals surface area contributed by atoms with Crippen LogP contribution in [0.5, 0.6) is 0 Å². The van der Waals surface area contributed by atoms with Crippen LogP contribution in [0.25, 0.3) is 0 Å². The Kier molecular flexibility index (Phi) is 6.40. The van der Waals surface area contributed by atoms with E-state index in [1.807, 2.05) is 60.7 Å². The van der Waals surface area contributed by atoms with Gasteiger partial charge in [0.1, 0.15) is 5.54 Å². The second kappa shape index (κ2) is 8.34. The molecule has 0 aliphatic carbocycles. The highest BCUT2D eigenvalue weighted by molar-refractivity contribution is 5.94. The Bertz CT molecular complexity index is 742. The molecule has 138 valence electrons. The first-order chi connectivity index (χ1) is 12.0. The molecule has 1 saturated heterocycles. The molecule has 2 N–H and O–H groups in total. The van der Waals surface area contributed by atoms with E-state index in [2.05, 4.69) is 0 Å². The van der Waals surface area contributed by atoms with Gasteiger partial charge in [0.25, 0.3) is 5.91 Å². The largest absolute Gasteiger partial charge is 0.337 e. The van der Waals surface area contributed by atoms with E-state index in [1.54, 1.807) is 16.7 Å². The molecular formula is C20H24ClN3O2. The van der Waals surface area contributed by atoms with Crippen LogP contribution >= 0.6 is 12.4 Å². The summed E-state index contributed by atoms with van der Waals surface area (Å²) in [5.74, 6) is -0.100. The summed E-state index contributed by atoms with van der Waals surface area (Å²) < 4.78 is 0. The van der Waals surface area contributed by atoms with Crippen molar-refractivity contribution in [2.75, 3.05) is 26.2 Å². The van der Waals surface area contributed by atoms with Crippen molar-refractivity contribution in [1.29, 1.82) is 0 Å². The van der Waals surface area contributed by atoms with Crippen molar-refractivity contribution >= 4 is 24.2 Å². The van der Waals surface area contributed by atoms with Crippen LogP contribution < -0.4 is 5.73 Å². The van der Waals surface area contributed by atoms with Crippen LogP contribution in [0.15, 0.2) is 60.7 Å². The number of nitrogens with two attached hydrogens (primary N) is 1. The Labute approximate surface area is 160 Å². The van der Waals surface area contributed by atoms with E-state index in [9.17, 15) is 9.59 Å². The summed E-state index contributed by atoms with van der Waals surface area (Å²) >= 11 is 0. The van der Waals surface area contributed by atoms with Gasteiger partial charge >= 0.3 is 0 Å². The summed E-state index contributed by atoms with van der Waals surface area (Å²) in [4.78, 5) is 28.9. The highest BCUT2D eigenvalue weighted by Crippen LogP contribution is 2.21. The van der Waals surface area contributed by atoms with Crippen LogP contribution in [0, 0.1) is 0 Å². The number of carbonyl (C=O) groups is 2. The quantitative estimate of drug-likeness (QED) is 0.897. The monoisotopic (exact) mass is 373 g/mol. The third-order valence-electron chi connectivity index (χ3n) is 4.69. The van der Waals surface area contributed by atoms with Crippen molar-refractivity contribution in [3.63, 3.8) is 0 Å². The number of nitrogens with zero attached hydrogens (tertiary/aromatic N) is 2. The SMILES string of the molecule is CC(N)(C(=O)N1CCN(C(=O)c2ccccc2)CC1)c1ccccc1.Cl. The maximum absolute atomic E-state index is 12.9. The first kappa shape index (κ1) is 19.9. The van der Waals surface area contributed by atoms with Crippen molar-refractivity contribution in [2.45, 2.75) is 12.5 Å². The fourth-order valence-electron chi connectivity index (χ4n) is 3.11. The van der Waals surface area contributed by atoms with E-state index >= 15 is 0 Å². The van der Waals surface area contributed by atoms with Crippen molar-refractivity contribution in [3.05, 3.63) is 71.8 Å². The summed E-state index contributed by atoms with van der Waals surface area (Å²) in [6.45, 7) is 3.77. The summed E-state index contributed by atoms with van der Waals surface area (Å²) in [6.07, 6.45) is 0. The Morgan fingerprint density at radius 2 is 1.31 bits per heavy atom. The average molecular weight is 374 g/mol. The van der Waals surface area contributed by atoms with Crippen molar-refractivity contribution in [1.82, 2.24) is 9.80 Å². The normalized spacial score (nSPS) is 16.4. The average Bonchev–Trinajstić information content (AvgIpc) is 2.68. The Morgan fingerprint density at radius 3 is 1.85 bits per heavy atom. The number of piperazine rings is 1. The maximum atomic E-state index is 12.9. The van der Waals surface area contributed by atoms with Crippen molar-refractivity contribution < 1.29 is 9.59 Å². The molecule has 2 amide bonds. The molecule has 1 atom stereocenters. The summed E-state index contributed by atoms with van der Waals surface area (Å²) in [5, 5.41) is 0. The Balaban J connectivity index is 0.00000243. The van der Waals surface area contributed by atoms with Crippen LogP contribution in [-0.4, -0.2) is 47.8 Å². The minimum Gasteiger partial charge on any atom is -0.337 e. The van der Waals surface area contributed by atoms with Gasteiger partial charge in [-0.1, -0.05) is 48.5 Å². The second-order valence-electron chi connectivity index (χ2n) is 6.52. The minimum atomic E-state index is -1.06. The molecule has 6 heteroatoms. The molecule has 1 fully saturated rings. The van der Waals surface area contributed by atoms with Gasteiger partial charge in [0.15, 0.2) is 0 Å². The molecule has 5 nitrogen and oxygen atoms in total. The third-order valence-corrected chi connectivity index (χ3v) is 4.69. The fraction of sp³-hybridized carbons (Fsp3) is 0.300. The smallest absolute Gasteiger partial charge is 0.253 e. The predicted octanol–water partition coefficient (Wildman–Crippen LogP) is 2.27. The van der Waals surface area contributed by atoms with Crippen LogP contribution in [0.2, 0.25) is 0 Å². The van der Waals surface area contributed by atoms with Gasteiger partial charge in [-0.15, -0.1) is 12.4 Å². The molecular weight excluding hydrogens is 350 g/mol. The molecule has 1 aliphatic heterocycles. The molecule has 26 heavy (non-hydrogen) atoms. The van der Waals surface area contributed by atoms with Gasteiger partial charge in [-0.25, -0.2) is 0 Å². The molecule has 0 spiro atoms. The van der Waals surface area contributed by atoms with E-state index in [0.29, 0.717) is 31.7 Å². The third kappa shape index (κ3) is 4.06. The van der Waals surface area contributed by atoms with Crippen molar-refractivity contribution in [2.24, 2.45) is 5.73 Å². The number of carbonyl (C=O) groups excluding carboxylic acids is 2. The van der Waals surface area contributed by atoms with Gasteiger partial charge in [0.05, 0.1) is 0 Å². The standard InChI is InChI=1S/C20H23N3O2.ClH/c1-20(21,17-10-6-3-7-11-17)19(25)23-14-12-22(13-15-23)18(24)16-8-4-2-5-9-16;/h2-11H,12-15,21H2,1H3;1H. The van der Waals surface area contributed by atoms with Gasteiger partial charge in [-0.05, 0) is 24.6 Å². The highest BCUT2D eigenvalue weighted by atomic mass is 35.5. The first-order valence-corrected chi connectivity index (χ1v) is 8.48. The predicted molar refractivity (Wildman–Crippen MR) is 104 cm³/mol. The number of hydrogen-bond donors (Lipinski definition) is 1. The molecule has 1 aliphatic rings. The lowest BCUT2D eigenvalue weighted by Crippen LogP contribution is -2.57. The Hall–Kier alpha value is -2.37. The maximum Gasteiger partial charge on any atom is 0.253 e. The summed E-state index contributed by atoms with van der Waals surface area (Å²) in [6, 6.07) is 18.6. The van der Waals surface area contributed by atoms with E-state index < -0.39 is 5.54 Å². The first-order valence-electron chi connectivity index (χ1n) is 8.48. The van der Waals surface area contributed by atoms with Gasteiger partial charge in [0, 0.05) is 31.7 Å². The second-order valence-corrected chi connectivity index (χ2v) is 6.52. The molecule has 3 rings (SSSR count). The topological polar surface area (TPSA) is 66.6 Å². The van der Waals surface area contributed by atoms with E-state index in [-0.39, 0.29) is 24.2 Å². The van der Waals surface area contributed by atoms with Gasteiger partial charge < -0.3 is 15.5 Å². The molecule has 0 bridgehead atoms. The minimum absolute atomic E-state index is 0. The zero-order chi connectivity index (χ0) is 17.9. The number of halogens is 1. The zero-order valence-corrected chi connectivity index (χ0v) is 15.6. The molecule has 1 heterocycles. The van der Waals surface area contributed by atoms with Crippen LogP contribution in [0.1, 0.15) is 22.8 Å². The summed E-state index contributed by atoms with van der Waals surface area (Å²) in [5.41, 5.74) is 6.73. The van der Waals surface area contributed by atoms with Crippen LogP contribution in [0.3, 0.4) is 0 Å². The molecule has 2 aromatic carbocycles. The van der Waals surface area contributed by atoms with E-state index in [1.165, 1.54) is 0 Å². The van der Waals surface area contributed by atoms with Crippen molar-refractivity contribution in [3.8, 4) is 0 Å². The molecule has 0 saturated carbocycles. The van der Waals surface area contributed by atoms with Crippen LogP contribution in [0.4, 0.5) is 0 Å². The fourth-order valence-corrected chi connectivity index (χ4v) is 3.11. The number of rotatable bonds is 3. The number of benzene rings is 2. The van der Waals surface area contributed by atoms with Gasteiger partial charge in [-0.2, -0.15) is 0 Å². The number of amides is 2. The van der Waals surface area contributed by atoms with Gasteiger partial charge in [-0.3, -0.25) is 9.59 Å². The molecule has 2 aromatic rings. The number of hydrogen-bond acceptors (Lipinski definition) is 3. The molecule has 0 aromatic heterocycles. The van der Waals surface area contributed by atoms with Crippen LogP contribution in [-0.2, 0) is 10.3 Å². The Morgan fingerprint density at radius 1 is 0.846 bits per heavy atom. The lowest BCUT2D eigenvalue weighted by molar-refractivity contribution is -0.138. The lowest BCUT2D eigenvalue weighted by Gasteiger charge is -2.38. The molecule has 1 unspecified atom stereocenters. The van der Waals surface area contributed by atoms with E-state index in [0.717, 1.165) is 5.56 Å². The lowest BCUT2D eigenvalue weighted by atomic mass is 9.91. The van der Waals surface area contributed by atoms with Gasteiger partial charge in [0.2, 0.25) is 5.91 Å².